The third kappa shape index (κ3) is 1.01. The van der Waals surface area contributed by atoms with Crippen LogP contribution in [0.15, 0.2) is 36.5 Å². The molecule has 0 radical (unpaired) electrons. The van der Waals surface area contributed by atoms with Crippen LogP contribution in [0, 0.1) is 5.21 Å². The van der Waals surface area contributed by atoms with Gasteiger partial charge in [-0.1, -0.05) is 17.7 Å². The summed E-state index contributed by atoms with van der Waals surface area (Å²) in [7, 11) is 0. The smallest absolute Gasteiger partial charge is 0.225 e. The Morgan fingerprint density at radius 1 is 1.17 bits per heavy atom. The van der Waals surface area contributed by atoms with E-state index in [1.165, 1.54) is 6.20 Å². The summed E-state index contributed by atoms with van der Waals surface area (Å²) in [4.78, 5) is 0. The lowest BCUT2D eigenvalue weighted by Crippen LogP contribution is -2.25. The first-order valence-electron chi connectivity index (χ1n) is 3.55. The van der Waals surface area contributed by atoms with Crippen LogP contribution in [0.25, 0.3) is 10.9 Å². The second kappa shape index (κ2) is 2.64. The quantitative estimate of drug-likeness (QED) is 0.450. The number of hydrogen-bond donors (Lipinski definition) is 0. The zero-order valence-electron chi connectivity index (χ0n) is 6.20. The van der Waals surface area contributed by atoms with Crippen LogP contribution in [0.3, 0.4) is 0 Å². The van der Waals surface area contributed by atoms with Crippen LogP contribution < -0.4 is 4.73 Å². The van der Waals surface area contributed by atoms with E-state index in [0.717, 1.165) is 10.1 Å². The Bertz CT molecular complexity index is 387. The SMILES string of the molecule is [O-][n+]1cccc2c(Cl)cccc21. The summed E-state index contributed by atoms with van der Waals surface area (Å²) in [5, 5.41) is 12.6. The highest BCUT2D eigenvalue weighted by Gasteiger charge is 2.03. The summed E-state index contributed by atoms with van der Waals surface area (Å²) in [6, 6.07) is 8.78. The van der Waals surface area contributed by atoms with Crippen molar-refractivity contribution in [2.24, 2.45) is 0 Å². The molecule has 60 valence electrons. The molecule has 3 heteroatoms. The minimum Gasteiger partial charge on any atom is -0.618 e. The minimum atomic E-state index is 0.602. The molecular formula is C9H6ClNO. The van der Waals surface area contributed by atoms with Crippen LogP contribution in [0.4, 0.5) is 0 Å². The highest BCUT2D eigenvalue weighted by atomic mass is 35.5. The molecule has 1 aromatic heterocycles. The second-order valence-corrected chi connectivity index (χ2v) is 2.91. The van der Waals surface area contributed by atoms with E-state index >= 15 is 0 Å². The Kier molecular flexibility index (Phi) is 1.62. The lowest BCUT2D eigenvalue weighted by Gasteiger charge is -2.00. The van der Waals surface area contributed by atoms with Gasteiger partial charge in [0.1, 0.15) is 0 Å². The van der Waals surface area contributed by atoms with Crippen LogP contribution in [-0.2, 0) is 0 Å². The molecular weight excluding hydrogens is 174 g/mol. The van der Waals surface area contributed by atoms with Crippen molar-refractivity contribution >= 4 is 22.5 Å². The molecule has 0 aliphatic rings. The van der Waals surface area contributed by atoms with E-state index in [4.69, 9.17) is 11.6 Å². The molecule has 0 unspecified atom stereocenters. The maximum absolute atomic E-state index is 11.2. The molecule has 0 fully saturated rings. The molecule has 0 saturated heterocycles. The Morgan fingerprint density at radius 2 is 2.00 bits per heavy atom. The van der Waals surface area contributed by atoms with Crippen molar-refractivity contribution in [3.8, 4) is 0 Å². The van der Waals surface area contributed by atoms with Crippen LogP contribution in [0.5, 0.6) is 0 Å². The third-order valence-electron chi connectivity index (χ3n) is 1.75. The highest BCUT2D eigenvalue weighted by Crippen LogP contribution is 2.19. The summed E-state index contributed by atoms with van der Waals surface area (Å²) in [6.07, 6.45) is 1.46. The Labute approximate surface area is 74.6 Å². The summed E-state index contributed by atoms with van der Waals surface area (Å²) in [5.41, 5.74) is 0.602. The number of aromatic nitrogens is 1. The predicted molar refractivity (Wildman–Crippen MR) is 47.9 cm³/mol. The third-order valence-corrected chi connectivity index (χ3v) is 2.08. The van der Waals surface area contributed by atoms with E-state index in [1.807, 2.05) is 6.07 Å². The lowest BCUT2D eigenvalue weighted by atomic mass is 10.2. The van der Waals surface area contributed by atoms with Gasteiger partial charge in [0.2, 0.25) is 5.52 Å². The molecule has 0 spiro atoms. The van der Waals surface area contributed by atoms with Gasteiger partial charge in [-0.15, -0.1) is 0 Å². The van der Waals surface area contributed by atoms with E-state index in [1.54, 1.807) is 24.3 Å². The van der Waals surface area contributed by atoms with Crippen molar-refractivity contribution in [3.63, 3.8) is 0 Å². The topological polar surface area (TPSA) is 26.9 Å². The fourth-order valence-corrected chi connectivity index (χ4v) is 1.41. The van der Waals surface area contributed by atoms with Gasteiger partial charge in [0.05, 0.1) is 10.4 Å². The molecule has 1 aromatic carbocycles. The molecule has 0 atom stereocenters. The number of nitrogens with zero attached hydrogens (tertiary/aromatic N) is 1. The second-order valence-electron chi connectivity index (χ2n) is 2.51. The fraction of sp³-hybridized carbons (Fsp3) is 0. The molecule has 0 N–H and O–H groups in total. The molecule has 2 aromatic rings. The van der Waals surface area contributed by atoms with Crippen LogP contribution in [0.2, 0.25) is 5.02 Å². The van der Waals surface area contributed by atoms with Crippen molar-refractivity contribution in [1.82, 2.24) is 0 Å². The average Bonchev–Trinajstić information content (AvgIpc) is 2.07. The summed E-state index contributed by atoms with van der Waals surface area (Å²) < 4.78 is 0.807. The van der Waals surface area contributed by atoms with E-state index in [0.29, 0.717) is 10.5 Å². The van der Waals surface area contributed by atoms with Gasteiger partial charge in [0.25, 0.3) is 0 Å². The van der Waals surface area contributed by atoms with Gasteiger partial charge in [0, 0.05) is 12.1 Å². The van der Waals surface area contributed by atoms with Crippen molar-refractivity contribution < 1.29 is 4.73 Å². The molecule has 1 heterocycles. The molecule has 0 aliphatic heterocycles. The maximum Gasteiger partial charge on any atom is 0.225 e. The largest absolute Gasteiger partial charge is 0.618 e. The van der Waals surface area contributed by atoms with Gasteiger partial charge in [-0.3, -0.25) is 0 Å². The molecule has 2 rings (SSSR count). The number of pyridine rings is 1. The average molecular weight is 180 g/mol. The monoisotopic (exact) mass is 179 g/mol. The minimum absolute atomic E-state index is 0.602. The highest BCUT2D eigenvalue weighted by molar-refractivity contribution is 6.35. The van der Waals surface area contributed by atoms with Crippen LogP contribution in [0.1, 0.15) is 0 Å². The van der Waals surface area contributed by atoms with E-state index < -0.39 is 0 Å². The molecule has 0 aliphatic carbocycles. The molecule has 0 bridgehead atoms. The van der Waals surface area contributed by atoms with Crippen LogP contribution in [-0.4, -0.2) is 0 Å². The van der Waals surface area contributed by atoms with Crippen molar-refractivity contribution in [2.45, 2.75) is 0 Å². The van der Waals surface area contributed by atoms with Gasteiger partial charge in [-0.2, -0.15) is 4.73 Å². The van der Waals surface area contributed by atoms with Crippen molar-refractivity contribution in [3.05, 3.63) is 46.8 Å². The summed E-state index contributed by atoms with van der Waals surface area (Å²) in [6.45, 7) is 0. The van der Waals surface area contributed by atoms with Gasteiger partial charge in [0.15, 0.2) is 6.20 Å². The summed E-state index contributed by atoms with van der Waals surface area (Å²) >= 11 is 5.88. The number of hydrogen-bond acceptors (Lipinski definition) is 1. The van der Waals surface area contributed by atoms with Crippen molar-refractivity contribution in [2.75, 3.05) is 0 Å². The number of fused-ring (bicyclic) bond motifs is 1. The lowest BCUT2D eigenvalue weighted by molar-refractivity contribution is -0.577. The number of benzene rings is 1. The fourth-order valence-electron chi connectivity index (χ4n) is 1.18. The Balaban J connectivity index is 2.94. The molecule has 12 heavy (non-hydrogen) atoms. The Hall–Kier alpha value is -1.28. The predicted octanol–water partition coefficient (Wildman–Crippen LogP) is 2.13. The van der Waals surface area contributed by atoms with Crippen LogP contribution >= 0.6 is 11.6 Å². The molecule has 0 amide bonds. The first kappa shape index (κ1) is 7.37. The summed E-state index contributed by atoms with van der Waals surface area (Å²) in [5.74, 6) is 0. The van der Waals surface area contributed by atoms with Gasteiger partial charge < -0.3 is 5.21 Å². The molecule has 2 nitrogen and oxygen atoms in total. The zero-order chi connectivity index (χ0) is 8.55. The standard InChI is InChI=1S/C9H6ClNO/c10-8-4-1-5-9-7(8)3-2-6-11(9)12/h1-6H. The van der Waals surface area contributed by atoms with Crippen molar-refractivity contribution in [1.29, 1.82) is 0 Å². The van der Waals surface area contributed by atoms with Gasteiger partial charge >= 0.3 is 0 Å². The number of halogens is 1. The maximum atomic E-state index is 11.2. The first-order chi connectivity index (χ1) is 5.79. The molecule has 0 saturated carbocycles. The van der Waals surface area contributed by atoms with Gasteiger partial charge in [-0.05, 0) is 12.1 Å². The van der Waals surface area contributed by atoms with Gasteiger partial charge in [-0.25, -0.2) is 0 Å². The Morgan fingerprint density at radius 3 is 2.75 bits per heavy atom. The van der Waals surface area contributed by atoms with E-state index in [2.05, 4.69) is 0 Å². The van der Waals surface area contributed by atoms with E-state index in [-0.39, 0.29) is 0 Å². The zero-order valence-corrected chi connectivity index (χ0v) is 6.95. The normalized spacial score (nSPS) is 10.4. The number of rotatable bonds is 0. The first-order valence-corrected chi connectivity index (χ1v) is 3.93. The van der Waals surface area contributed by atoms with E-state index in [9.17, 15) is 5.21 Å².